The molecule has 0 bridgehead atoms. The Morgan fingerprint density at radius 3 is 2.57 bits per heavy atom. The topological polar surface area (TPSA) is 104 Å². The molecule has 0 radical (unpaired) electrons. The number of primary amides is 1. The van der Waals surface area contributed by atoms with Crippen molar-refractivity contribution in [2.24, 2.45) is 5.73 Å². The summed E-state index contributed by atoms with van der Waals surface area (Å²) in [6, 6.07) is 13.7. The Morgan fingerprint density at radius 1 is 0.967 bits per heavy atom. The summed E-state index contributed by atoms with van der Waals surface area (Å²) < 4.78 is 0. The highest BCUT2D eigenvalue weighted by molar-refractivity contribution is 5.94. The summed E-state index contributed by atoms with van der Waals surface area (Å²) >= 11 is 0. The van der Waals surface area contributed by atoms with Crippen LogP contribution in [0.1, 0.15) is 10.4 Å². The van der Waals surface area contributed by atoms with Crippen LogP contribution in [-0.2, 0) is 0 Å². The van der Waals surface area contributed by atoms with E-state index in [1.807, 2.05) is 42.7 Å². The Labute approximate surface area is 173 Å². The molecule has 0 saturated carbocycles. The van der Waals surface area contributed by atoms with E-state index < -0.39 is 5.91 Å². The maximum atomic E-state index is 11.5. The molecule has 1 aliphatic rings. The van der Waals surface area contributed by atoms with Crippen LogP contribution in [0.5, 0.6) is 0 Å². The van der Waals surface area contributed by atoms with Crippen molar-refractivity contribution < 1.29 is 4.79 Å². The summed E-state index contributed by atoms with van der Waals surface area (Å²) in [6.45, 7) is 3.30. The fourth-order valence-electron chi connectivity index (χ4n) is 3.92. The molecule has 5 rings (SSSR count). The Morgan fingerprint density at radius 2 is 1.80 bits per heavy atom. The number of nitrogens with one attached hydrogen (secondary N) is 1. The maximum Gasteiger partial charge on any atom is 0.248 e. The quantitative estimate of drug-likeness (QED) is 0.546. The first-order chi connectivity index (χ1) is 14.7. The molecule has 3 heterocycles. The van der Waals surface area contributed by atoms with E-state index in [0.29, 0.717) is 5.56 Å². The molecule has 1 aliphatic heterocycles. The van der Waals surface area contributed by atoms with E-state index in [-0.39, 0.29) is 0 Å². The van der Waals surface area contributed by atoms with E-state index >= 15 is 0 Å². The predicted octanol–water partition coefficient (Wildman–Crippen LogP) is 2.45. The summed E-state index contributed by atoms with van der Waals surface area (Å²) in [5.41, 5.74) is 10.0. The van der Waals surface area contributed by atoms with Crippen molar-refractivity contribution >= 4 is 28.3 Å². The van der Waals surface area contributed by atoms with Crippen LogP contribution in [0.15, 0.2) is 61.2 Å². The zero-order chi connectivity index (χ0) is 20.5. The first-order valence-electron chi connectivity index (χ1n) is 9.83. The third-order valence-electron chi connectivity index (χ3n) is 5.52. The van der Waals surface area contributed by atoms with Gasteiger partial charge in [-0.3, -0.25) is 9.89 Å². The van der Waals surface area contributed by atoms with Gasteiger partial charge in [-0.25, -0.2) is 9.97 Å². The molecule has 1 fully saturated rings. The Kier molecular flexibility index (Phi) is 4.51. The maximum absolute atomic E-state index is 11.5. The standard InChI is InChI=1S/C22H21N7O/c23-21(30)16-2-1-3-18(10-16)28-6-8-29(9-7-28)22-19-11-15(17-12-26-27-13-17)4-5-20(19)24-14-25-22/h1-5,10-14H,6-9H2,(H2,23,30)(H,26,27). The van der Waals surface area contributed by atoms with Gasteiger partial charge in [0.25, 0.3) is 0 Å². The minimum Gasteiger partial charge on any atom is -0.368 e. The number of nitrogens with two attached hydrogens (primary N) is 1. The minimum absolute atomic E-state index is 0.406. The van der Waals surface area contributed by atoms with Crippen molar-refractivity contribution in [3.8, 4) is 11.1 Å². The molecular weight excluding hydrogens is 378 g/mol. The summed E-state index contributed by atoms with van der Waals surface area (Å²) in [6.07, 6.45) is 5.31. The fraction of sp³-hybridized carbons (Fsp3) is 0.182. The smallest absolute Gasteiger partial charge is 0.248 e. The number of hydrogen-bond acceptors (Lipinski definition) is 6. The lowest BCUT2D eigenvalue weighted by atomic mass is 10.1. The first kappa shape index (κ1) is 18.1. The van der Waals surface area contributed by atoms with Crippen molar-refractivity contribution in [2.45, 2.75) is 0 Å². The molecule has 0 unspecified atom stereocenters. The highest BCUT2D eigenvalue weighted by atomic mass is 16.1. The van der Waals surface area contributed by atoms with Crippen LogP contribution < -0.4 is 15.5 Å². The largest absolute Gasteiger partial charge is 0.368 e. The van der Waals surface area contributed by atoms with Gasteiger partial charge in [0.1, 0.15) is 12.1 Å². The summed E-state index contributed by atoms with van der Waals surface area (Å²) in [7, 11) is 0. The van der Waals surface area contributed by atoms with Gasteiger partial charge in [0, 0.05) is 54.6 Å². The average Bonchev–Trinajstić information content (AvgIpc) is 3.34. The third-order valence-corrected chi connectivity index (χ3v) is 5.52. The molecule has 0 aliphatic carbocycles. The number of carbonyl (C=O) groups excluding carboxylic acids is 1. The molecule has 2 aromatic heterocycles. The van der Waals surface area contributed by atoms with Gasteiger partial charge in [0.05, 0.1) is 11.7 Å². The number of amides is 1. The van der Waals surface area contributed by atoms with Gasteiger partial charge < -0.3 is 15.5 Å². The highest BCUT2D eigenvalue weighted by Gasteiger charge is 2.21. The van der Waals surface area contributed by atoms with Gasteiger partial charge in [0.15, 0.2) is 0 Å². The van der Waals surface area contributed by atoms with Crippen LogP contribution in [0.25, 0.3) is 22.0 Å². The number of carbonyl (C=O) groups is 1. The predicted molar refractivity (Wildman–Crippen MR) is 117 cm³/mol. The van der Waals surface area contributed by atoms with E-state index in [9.17, 15) is 4.79 Å². The number of anilines is 2. The molecule has 2 aromatic carbocycles. The molecule has 30 heavy (non-hydrogen) atoms. The van der Waals surface area contributed by atoms with E-state index in [2.05, 4.69) is 36.0 Å². The van der Waals surface area contributed by atoms with Crippen LogP contribution in [0.4, 0.5) is 11.5 Å². The Balaban J connectivity index is 1.40. The van der Waals surface area contributed by atoms with Crippen molar-refractivity contribution in [2.75, 3.05) is 36.0 Å². The highest BCUT2D eigenvalue weighted by Crippen LogP contribution is 2.29. The van der Waals surface area contributed by atoms with Crippen LogP contribution in [0.2, 0.25) is 0 Å². The van der Waals surface area contributed by atoms with Crippen LogP contribution in [0.3, 0.4) is 0 Å². The second-order valence-electron chi connectivity index (χ2n) is 7.30. The molecule has 4 aromatic rings. The fourth-order valence-corrected chi connectivity index (χ4v) is 3.92. The number of benzene rings is 2. The number of rotatable bonds is 4. The molecular formula is C22H21N7O. The molecule has 0 spiro atoms. The number of aromatic nitrogens is 4. The van der Waals surface area contributed by atoms with Crippen molar-refractivity contribution in [1.82, 2.24) is 20.2 Å². The second kappa shape index (κ2) is 7.47. The SMILES string of the molecule is NC(=O)c1cccc(N2CCN(c3ncnc4ccc(-c5cn[nH]c5)cc34)CC2)c1. The van der Waals surface area contributed by atoms with Gasteiger partial charge in [-0.05, 0) is 35.9 Å². The van der Waals surface area contributed by atoms with E-state index in [4.69, 9.17) is 5.73 Å². The summed E-state index contributed by atoms with van der Waals surface area (Å²) in [4.78, 5) is 25.1. The monoisotopic (exact) mass is 399 g/mol. The lowest BCUT2D eigenvalue weighted by Crippen LogP contribution is -2.47. The van der Waals surface area contributed by atoms with Gasteiger partial charge in [-0.15, -0.1) is 0 Å². The lowest BCUT2D eigenvalue weighted by Gasteiger charge is -2.37. The van der Waals surface area contributed by atoms with Gasteiger partial charge >= 0.3 is 0 Å². The number of hydrogen-bond donors (Lipinski definition) is 2. The lowest BCUT2D eigenvalue weighted by molar-refractivity contribution is 0.100. The number of piperazine rings is 1. The molecule has 3 N–H and O–H groups in total. The van der Waals surface area contributed by atoms with E-state index in [1.165, 1.54) is 0 Å². The molecule has 8 nitrogen and oxygen atoms in total. The number of nitrogens with zero attached hydrogens (tertiary/aromatic N) is 5. The molecule has 8 heteroatoms. The van der Waals surface area contributed by atoms with Gasteiger partial charge in [-0.1, -0.05) is 12.1 Å². The normalized spacial score (nSPS) is 14.3. The molecule has 1 saturated heterocycles. The molecule has 0 atom stereocenters. The number of H-pyrrole nitrogens is 1. The van der Waals surface area contributed by atoms with Gasteiger partial charge in [0.2, 0.25) is 5.91 Å². The van der Waals surface area contributed by atoms with Gasteiger partial charge in [-0.2, -0.15) is 5.10 Å². The van der Waals surface area contributed by atoms with Crippen molar-refractivity contribution in [3.05, 3.63) is 66.7 Å². The summed E-state index contributed by atoms with van der Waals surface area (Å²) in [5.74, 6) is 0.534. The zero-order valence-electron chi connectivity index (χ0n) is 16.3. The second-order valence-corrected chi connectivity index (χ2v) is 7.30. The summed E-state index contributed by atoms with van der Waals surface area (Å²) in [5, 5.41) is 7.93. The third kappa shape index (κ3) is 3.32. The van der Waals surface area contributed by atoms with Crippen molar-refractivity contribution in [3.63, 3.8) is 0 Å². The first-order valence-corrected chi connectivity index (χ1v) is 9.83. The van der Waals surface area contributed by atoms with Crippen molar-refractivity contribution in [1.29, 1.82) is 0 Å². The Bertz CT molecular complexity index is 1200. The average molecular weight is 399 g/mol. The Hall–Kier alpha value is -3.94. The molecule has 150 valence electrons. The zero-order valence-corrected chi connectivity index (χ0v) is 16.3. The van der Waals surface area contributed by atoms with Crippen LogP contribution >= 0.6 is 0 Å². The van der Waals surface area contributed by atoms with Crippen LogP contribution in [-0.4, -0.2) is 52.3 Å². The number of fused-ring (bicyclic) bond motifs is 1. The van der Waals surface area contributed by atoms with E-state index in [0.717, 1.165) is 59.7 Å². The van der Waals surface area contributed by atoms with Crippen LogP contribution in [0, 0.1) is 0 Å². The van der Waals surface area contributed by atoms with E-state index in [1.54, 1.807) is 12.4 Å². The number of aromatic amines is 1. The minimum atomic E-state index is -0.406. The molecule has 1 amide bonds.